The summed E-state index contributed by atoms with van der Waals surface area (Å²) in [6.45, 7) is 0.0411. The van der Waals surface area contributed by atoms with Crippen molar-refractivity contribution in [3.63, 3.8) is 0 Å². The first-order chi connectivity index (χ1) is 5.77. The van der Waals surface area contributed by atoms with Crippen LogP contribution in [0.15, 0.2) is 6.20 Å². The number of hydrogen-bond acceptors (Lipinski definition) is 4. The number of methoxy groups -OCH3 is 1. The summed E-state index contributed by atoms with van der Waals surface area (Å²) >= 11 is 5.64. The molecular weight excluding hydrogens is 180 g/mol. The highest BCUT2D eigenvalue weighted by Crippen LogP contribution is 2.17. The van der Waals surface area contributed by atoms with Crippen LogP contribution < -0.4 is 4.74 Å². The Bertz CT molecular complexity index is 268. The minimum atomic E-state index is 0.0411. The summed E-state index contributed by atoms with van der Waals surface area (Å²) in [5.41, 5.74) is 0.666. The highest BCUT2D eigenvalue weighted by Gasteiger charge is 2.04. The Morgan fingerprint density at radius 2 is 2.42 bits per heavy atom. The van der Waals surface area contributed by atoms with E-state index in [9.17, 15) is 0 Å². The fraction of sp³-hybridized carbons (Fsp3) is 0.429. The molecule has 1 heterocycles. The van der Waals surface area contributed by atoms with E-state index >= 15 is 0 Å². The number of nitrogens with zero attached hydrogens (tertiary/aromatic N) is 2. The second-order valence-electron chi connectivity index (χ2n) is 2.14. The van der Waals surface area contributed by atoms with Gasteiger partial charge in [0.05, 0.1) is 19.0 Å². The maximum atomic E-state index is 8.61. The molecule has 0 unspecified atom stereocenters. The van der Waals surface area contributed by atoms with Crippen molar-refractivity contribution in [1.29, 1.82) is 0 Å². The average molecular weight is 189 g/mol. The smallest absolute Gasteiger partial charge is 0.252 e. The lowest BCUT2D eigenvalue weighted by Gasteiger charge is -2.02. The molecule has 1 aromatic heterocycles. The molecule has 0 saturated heterocycles. The molecule has 1 rings (SSSR count). The third-order valence-electron chi connectivity index (χ3n) is 1.31. The SMILES string of the molecule is COc1nc(CCO)cnc1Cl. The Kier molecular flexibility index (Phi) is 3.25. The molecule has 4 nitrogen and oxygen atoms in total. The van der Waals surface area contributed by atoms with Gasteiger partial charge in [-0.2, -0.15) is 0 Å². The van der Waals surface area contributed by atoms with Gasteiger partial charge in [0.1, 0.15) is 0 Å². The number of rotatable bonds is 3. The molecule has 0 aliphatic carbocycles. The van der Waals surface area contributed by atoms with Crippen molar-refractivity contribution in [2.24, 2.45) is 0 Å². The second kappa shape index (κ2) is 4.23. The first-order valence-corrected chi connectivity index (χ1v) is 3.82. The summed E-state index contributed by atoms with van der Waals surface area (Å²) in [6.07, 6.45) is 1.97. The fourth-order valence-electron chi connectivity index (χ4n) is 0.757. The van der Waals surface area contributed by atoms with Gasteiger partial charge in [-0.3, -0.25) is 0 Å². The quantitative estimate of drug-likeness (QED) is 0.758. The van der Waals surface area contributed by atoms with E-state index in [-0.39, 0.29) is 11.8 Å². The van der Waals surface area contributed by atoms with Gasteiger partial charge in [-0.25, -0.2) is 9.97 Å². The Hall–Kier alpha value is -0.870. The van der Waals surface area contributed by atoms with Crippen LogP contribution in [0.25, 0.3) is 0 Å². The monoisotopic (exact) mass is 188 g/mol. The standard InChI is InChI=1S/C7H9ClN2O2/c1-12-7-6(8)9-4-5(10-7)2-3-11/h4,11H,2-3H2,1H3. The van der Waals surface area contributed by atoms with Crippen LogP contribution in [0.3, 0.4) is 0 Å². The molecule has 0 amide bonds. The molecule has 1 N–H and O–H groups in total. The van der Waals surface area contributed by atoms with Crippen LogP contribution in [0.1, 0.15) is 5.69 Å². The molecule has 0 atom stereocenters. The van der Waals surface area contributed by atoms with Crippen LogP contribution in [0.4, 0.5) is 0 Å². The predicted octanol–water partition coefficient (Wildman–Crippen LogP) is 0.673. The van der Waals surface area contributed by atoms with E-state index in [2.05, 4.69) is 9.97 Å². The summed E-state index contributed by atoms with van der Waals surface area (Å²) in [7, 11) is 1.47. The molecule has 0 spiro atoms. The second-order valence-corrected chi connectivity index (χ2v) is 2.49. The van der Waals surface area contributed by atoms with Crippen LogP contribution in [0.5, 0.6) is 5.88 Å². The Morgan fingerprint density at radius 1 is 1.67 bits per heavy atom. The van der Waals surface area contributed by atoms with Crippen molar-refractivity contribution in [1.82, 2.24) is 9.97 Å². The van der Waals surface area contributed by atoms with E-state index in [1.807, 2.05) is 0 Å². The first kappa shape index (κ1) is 9.22. The topological polar surface area (TPSA) is 55.2 Å². The zero-order chi connectivity index (χ0) is 8.97. The molecule has 5 heteroatoms. The van der Waals surface area contributed by atoms with Crippen LogP contribution >= 0.6 is 11.6 Å². The summed E-state index contributed by atoms with van der Waals surface area (Å²) in [4.78, 5) is 7.84. The van der Waals surface area contributed by atoms with E-state index in [1.165, 1.54) is 13.3 Å². The van der Waals surface area contributed by atoms with Gasteiger partial charge in [-0.1, -0.05) is 11.6 Å². The largest absolute Gasteiger partial charge is 0.479 e. The maximum Gasteiger partial charge on any atom is 0.252 e. The van der Waals surface area contributed by atoms with Crippen LogP contribution in [0, 0.1) is 0 Å². The fourth-order valence-corrected chi connectivity index (χ4v) is 0.925. The summed E-state index contributed by atoms with van der Waals surface area (Å²) in [5, 5.41) is 8.85. The van der Waals surface area contributed by atoms with Crippen LogP contribution in [0.2, 0.25) is 5.15 Å². The molecule has 0 aliphatic rings. The molecule has 0 aliphatic heterocycles. The molecule has 12 heavy (non-hydrogen) atoms. The van der Waals surface area contributed by atoms with E-state index in [4.69, 9.17) is 21.4 Å². The highest BCUT2D eigenvalue weighted by atomic mass is 35.5. The molecule has 0 fully saturated rings. The minimum absolute atomic E-state index is 0.0411. The van der Waals surface area contributed by atoms with Crippen molar-refractivity contribution < 1.29 is 9.84 Å². The van der Waals surface area contributed by atoms with Gasteiger partial charge in [-0.15, -0.1) is 0 Å². The van der Waals surface area contributed by atoms with Crippen LogP contribution in [-0.2, 0) is 6.42 Å². The third-order valence-corrected chi connectivity index (χ3v) is 1.57. The highest BCUT2D eigenvalue weighted by molar-refractivity contribution is 6.30. The van der Waals surface area contributed by atoms with E-state index in [0.717, 1.165) is 0 Å². The maximum absolute atomic E-state index is 8.61. The zero-order valence-electron chi connectivity index (χ0n) is 6.62. The van der Waals surface area contributed by atoms with Gasteiger partial charge in [0.15, 0.2) is 5.15 Å². The van der Waals surface area contributed by atoms with E-state index in [0.29, 0.717) is 18.0 Å². The number of aliphatic hydroxyl groups excluding tert-OH is 1. The number of halogens is 1. The minimum Gasteiger partial charge on any atom is -0.479 e. The molecule has 0 bridgehead atoms. The van der Waals surface area contributed by atoms with Crippen molar-refractivity contribution >= 4 is 11.6 Å². The van der Waals surface area contributed by atoms with Gasteiger partial charge >= 0.3 is 0 Å². The average Bonchev–Trinajstić information content (AvgIpc) is 2.09. The molecular formula is C7H9ClN2O2. The van der Waals surface area contributed by atoms with Crippen molar-refractivity contribution in [2.75, 3.05) is 13.7 Å². The number of aliphatic hydroxyl groups is 1. The molecule has 0 aromatic carbocycles. The van der Waals surface area contributed by atoms with E-state index < -0.39 is 0 Å². The van der Waals surface area contributed by atoms with Crippen molar-refractivity contribution in [2.45, 2.75) is 6.42 Å². The lowest BCUT2D eigenvalue weighted by atomic mass is 10.3. The Morgan fingerprint density at radius 3 is 3.00 bits per heavy atom. The zero-order valence-corrected chi connectivity index (χ0v) is 7.38. The lowest BCUT2D eigenvalue weighted by molar-refractivity contribution is 0.297. The Labute approximate surface area is 75.2 Å². The summed E-state index contributed by atoms with van der Waals surface area (Å²) < 4.78 is 4.84. The van der Waals surface area contributed by atoms with Crippen molar-refractivity contribution in [3.05, 3.63) is 17.0 Å². The summed E-state index contributed by atoms with van der Waals surface area (Å²) in [6, 6.07) is 0. The third kappa shape index (κ3) is 2.06. The van der Waals surface area contributed by atoms with Crippen molar-refractivity contribution in [3.8, 4) is 5.88 Å². The predicted molar refractivity (Wildman–Crippen MR) is 44.4 cm³/mol. The molecule has 0 radical (unpaired) electrons. The van der Waals surface area contributed by atoms with Gasteiger partial charge in [0, 0.05) is 13.0 Å². The van der Waals surface area contributed by atoms with Gasteiger partial charge < -0.3 is 9.84 Å². The lowest BCUT2D eigenvalue weighted by Crippen LogP contribution is -1.99. The van der Waals surface area contributed by atoms with E-state index in [1.54, 1.807) is 0 Å². The first-order valence-electron chi connectivity index (χ1n) is 3.44. The normalized spacial score (nSPS) is 9.92. The number of aromatic nitrogens is 2. The molecule has 66 valence electrons. The molecule has 0 saturated carbocycles. The number of hydrogen-bond donors (Lipinski definition) is 1. The molecule has 1 aromatic rings. The summed E-state index contributed by atoms with van der Waals surface area (Å²) in [5.74, 6) is 0.294. The number of ether oxygens (including phenoxy) is 1. The van der Waals surface area contributed by atoms with Crippen LogP contribution in [-0.4, -0.2) is 28.8 Å². The van der Waals surface area contributed by atoms with Gasteiger partial charge in [0.25, 0.3) is 5.88 Å². The Balaban J connectivity index is 2.89. The van der Waals surface area contributed by atoms with Gasteiger partial charge in [-0.05, 0) is 0 Å². The van der Waals surface area contributed by atoms with Gasteiger partial charge in [0.2, 0.25) is 0 Å².